The largest absolute Gasteiger partial charge is 0.489 e. The van der Waals surface area contributed by atoms with E-state index < -0.39 is 0 Å². The summed E-state index contributed by atoms with van der Waals surface area (Å²) in [6.07, 6.45) is 0. The lowest BCUT2D eigenvalue weighted by atomic mass is 10.1. The highest BCUT2D eigenvalue weighted by Gasteiger charge is 2.11. The summed E-state index contributed by atoms with van der Waals surface area (Å²) in [4.78, 5) is 0. The van der Waals surface area contributed by atoms with Crippen LogP contribution in [0.1, 0.15) is 24.1 Å². The summed E-state index contributed by atoms with van der Waals surface area (Å²) in [6.45, 7) is 1.92. The van der Waals surface area contributed by atoms with Crippen molar-refractivity contribution >= 4 is 15.9 Å². The standard InChI is InChI=1S/C15H14BrF2NO/c1-9(19)12-7-11(17)5-6-14(12)20-8-10-3-2-4-13(18)15(10)16/h2-7,9H,8,19H2,1H3. The Bertz CT molecular complexity index is 617. The Morgan fingerprint density at radius 2 is 2.00 bits per heavy atom. The van der Waals surface area contributed by atoms with Gasteiger partial charge in [0.05, 0.1) is 4.47 Å². The van der Waals surface area contributed by atoms with Crippen LogP contribution in [0.3, 0.4) is 0 Å². The summed E-state index contributed by atoms with van der Waals surface area (Å²) < 4.78 is 32.6. The molecule has 0 bridgehead atoms. The fourth-order valence-corrected chi connectivity index (χ4v) is 2.20. The SMILES string of the molecule is CC(N)c1cc(F)ccc1OCc1cccc(F)c1Br. The second kappa shape index (κ2) is 6.33. The van der Waals surface area contributed by atoms with Crippen molar-refractivity contribution in [3.8, 4) is 5.75 Å². The van der Waals surface area contributed by atoms with Gasteiger partial charge in [-0.3, -0.25) is 0 Å². The molecule has 0 saturated heterocycles. The molecule has 0 aromatic heterocycles. The van der Waals surface area contributed by atoms with Crippen LogP contribution in [0.2, 0.25) is 0 Å². The smallest absolute Gasteiger partial charge is 0.137 e. The predicted octanol–water partition coefficient (Wildman–Crippen LogP) is 4.33. The average Bonchev–Trinajstić information content (AvgIpc) is 2.41. The Balaban J connectivity index is 2.21. The van der Waals surface area contributed by atoms with E-state index in [0.717, 1.165) is 0 Å². The van der Waals surface area contributed by atoms with Gasteiger partial charge in [0.25, 0.3) is 0 Å². The van der Waals surface area contributed by atoms with Crippen molar-refractivity contribution in [2.24, 2.45) is 5.73 Å². The van der Waals surface area contributed by atoms with E-state index in [4.69, 9.17) is 10.5 Å². The molecule has 2 N–H and O–H groups in total. The Kier molecular flexibility index (Phi) is 4.73. The lowest BCUT2D eigenvalue weighted by Gasteiger charge is -2.15. The van der Waals surface area contributed by atoms with Crippen LogP contribution in [0.15, 0.2) is 40.9 Å². The first-order valence-corrected chi connectivity index (χ1v) is 6.89. The third-order valence-electron chi connectivity index (χ3n) is 2.88. The molecule has 2 aromatic rings. The Morgan fingerprint density at radius 3 is 2.70 bits per heavy atom. The van der Waals surface area contributed by atoms with Crippen molar-refractivity contribution in [2.75, 3.05) is 0 Å². The first-order valence-electron chi connectivity index (χ1n) is 6.09. The van der Waals surface area contributed by atoms with Gasteiger partial charge in [0.15, 0.2) is 0 Å². The van der Waals surface area contributed by atoms with Gasteiger partial charge >= 0.3 is 0 Å². The van der Waals surface area contributed by atoms with Crippen LogP contribution in [0, 0.1) is 11.6 Å². The van der Waals surface area contributed by atoms with E-state index in [0.29, 0.717) is 21.3 Å². The molecule has 1 atom stereocenters. The molecule has 20 heavy (non-hydrogen) atoms. The summed E-state index contributed by atoms with van der Waals surface area (Å²) in [5.41, 5.74) is 7.04. The molecular formula is C15H14BrF2NO. The Hall–Kier alpha value is -1.46. The van der Waals surface area contributed by atoms with Gasteiger partial charge in [-0.1, -0.05) is 12.1 Å². The van der Waals surface area contributed by atoms with Crippen molar-refractivity contribution in [2.45, 2.75) is 19.6 Å². The molecule has 1 unspecified atom stereocenters. The maximum Gasteiger partial charge on any atom is 0.137 e. The maximum absolute atomic E-state index is 13.4. The van der Waals surface area contributed by atoms with Crippen LogP contribution in [-0.2, 0) is 6.61 Å². The summed E-state index contributed by atoms with van der Waals surface area (Å²) in [5.74, 6) is -0.216. The molecule has 0 amide bonds. The fourth-order valence-electron chi connectivity index (χ4n) is 1.82. The van der Waals surface area contributed by atoms with Crippen LogP contribution in [-0.4, -0.2) is 0 Å². The molecule has 2 nitrogen and oxygen atoms in total. The minimum absolute atomic E-state index is 0.170. The maximum atomic E-state index is 13.4. The molecule has 0 aliphatic carbocycles. The van der Waals surface area contributed by atoms with Gasteiger partial charge in [0.2, 0.25) is 0 Å². The number of hydrogen-bond acceptors (Lipinski definition) is 2. The highest BCUT2D eigenvalue weighted by atomic mass is 79.9. The van der Waals surface area contributed by atoms with Crippen LogP contribution in [0.5, 0.6) is 5.75 Å². The summed E-state index contributed by atoms with van der Waals surface area (Å²) in [5, 5.41) is 0. The second-order valence-corrected chi connectivity index (χ2v) is 5.27. The van der Waals surface area contributed by atoms with E-state index in [1.807, 2.05) is 0 Å². The molecule has 0 spiro atoms. The van der Waals surface area contributed by atoms with Crippen molar-refractivity contribution in [3.63, 3.8) is 0 Å². The molecule has 0 aliphatic rings. The van der Waals surface area contributed by atoms with Gasteiger partial charge in [-0.25, -0.2) is 8.78 Å². The average molecular weight is 342 g/mol. The predicted molar refractivity (Wildman–Crippen MR) is 77.4 cm³/mol. The van der Waals surface area contributed by atoms with E-state index >= 15 is 0 Å². The van der Waals surface area contributed by atoms with Crippen LogP contribution >= 0.6 is 15.9 Å². The lowest BCUT2D eigenvalue weighted by molar-refractivity contribution is 0.299. The topological polar surface area (TPSA) is 35.2 Å². The van der Waals surface area contributed by atoms with Crippen LogP contribution in [0.4, 0.5) is 8.78 Å². The Labute approximate surface area is 124 Å². The van der Waals surface area contributed by atoms with Gasteiger partial charge in [0.1, 0.15) is 24.0 Å². The van der Waals surface area contributed by atoms with Crippen LogP contribution < -0.4 is 10.5 Å². The molecule has 0 radical (unpaired) electrons. The third kappa shape index (κ3) is 3.35. The molecule has 2 aromatic carbocycles. The number of hydrogen-bond donors (Lipinski definition) is 1. The summed E-state index contributed by atoms with van der Waals surface area (Å²) in [7, 11) is 0. The van der Waals surface area contributed by atoms with E-state index in [2.05, 4.69) is 15.9 Å². The molecule has 106 valence electrons. The normalized spacial score (nSPS) is 12.2. The molecule has 0 saturated carbocycles. The Morgan fingerprint density at radius 1 is 1.25 bits per heavy atom. The van der Waals surface area contributed by atoms with E-state index in [-0.39, 0.29) is 24.3 Å². The quantitative estimate of drug-likeness (QED) is 0.898. The summed E-state index contributed by atoms with van der Waals surface area (Å²) in [6, 6.07) is 8.55. The molecule has 5 heteroatoms. The van der Waals surface area contributed by atoms with Gasteiger partial charge in [-0.05, 0) is 47.1 Å². The van der Waals surface area contributed by atoms with Crippen LogP contribution in [0.25, 0.3) is 0 Å². The number of rotatable bonds is 4. The van der Waals surface area contributed by atoms with Gasteiger partial charge < -0.3 is 10.5 Å². The number of halogens is 3. The fraction of sp³-hybridized carbons (Fsp3) is 0.200. The zero-order valence-electron chi connectivity index (χ0n) is 10.9. The van der Waals surface area contributed by atoms with Gasteiger partial charge in [0, 0.05) is 17.2 Å². The van der Waals surface area contributed by atoms with E-state index in [1.54, 1.807) is 19.1 Å². The minimum Gasteiger partial charge on any atom is -0.489 e. The van der Waals surface area contributed by atoms with Crippen molar-refractivity contribution in [3.05, 3.63) is 63.6 Å². The molecule has 0 fully saturated rings. The summed E-state index contributed by atoms with van der Waals surface area (Å²) >= 11 is 3.17. The van der Waals surface area contributed by atoms with E-state index in [9.17, 15) is 8.78 Å². The monoisotopic (exact) mass is 341 g/mol. The highest BCUT2D eigenvalue weighted by molar-refractivity contribution is 9.10. The zero-order chi connectivity index (χ0) is 14.7. The molecule has 2 rings (SSSR count). The van der Waals surface area contributed by atoms with E-state index in [1.165, 1.54) is 24.3 Å². The van der Waals surface area contributed by atoms with Crippen molar-refractivity contribution in [1.82, 2.24) is 0 Å². The first-order chi connectivity index (χ1) is 9.49. The lowest BCUT2D eigenvalue weighted by Crippen LogP contribution is -2.09. The van der Waals surface area contributed by atoms with Gasteiger partial charge in [-0.15, -0.1) is 0 Å². The molecule has 0 heterocycles. The minimum atomic E-state index is -0.364. The molecular weight excluding hydrogens is 328 g/mol. The third-order valence-corrected chi connectivity index (χ3v) is 3.77. The second-order valence-electron chi connectivity index (χ2n) is 4.47. The van der Waals surface area contributed by atoms with Gasteiger partial charge in [-0.2, -0.15) is 0 Å². The first kappa shape index (κ1) is 14.9. The zero-order valence-corrected chi connectivity index (χ0v) is 12.5. The molecule has 0 aliphatic heterocycles. The number of ether oxygens (including phenoxy) is 1. The highest BCUT2D eigenvalue weighted by Crippen LogP contribution is 2.27. The van der Waals surface area contributed by atoms with Crippen molar-refractivity contribution < 1.29 is 13.5 Å². The number of nitrogens with two attached hydrogens (primary N) is 1. The number of benzene rings is 2. The van der Waals surface area contributed by atoms with Crippen molar-refractivity contribution in [1.29, 1.82) is 0 Å².